The van der Waals surface area contributed by atoms with E-state index in [1.807, 2.05) is 16.3 Å². The summed E-state index contributed by atoms with van der Waals surface area (Å²) in [5, 5.41) is 15.4. The summed E-state index contributed by atoms with van der Waals surface area (Å²) in [7, 11) is 2.21. The van der Waals surface area contributed by atoms with Gasteiger partial charge in [0.15, 0.2) is 0 Å². The number of benzene rings is 1. The van der Waals surface area contributed by atoms with Crippen LogP contribution in [-0.4, -0.2) is 118 Å². The largest absolute Gasteiger partial charge is 0.506 e. The van der Waals surface area contributed by atoms with E-state index in [-0.39, 0.29) is 42.3 Å². The molecule has 6 heterocycles. The minimum Gasteiger partial charge on any atom is -0.506 e. The Morgan fingerprint density at radius 2 is 1.66 bits per heavy atom. The van der Waals surface area contributed by atoms with Crippen molar-refractivity contribution in [2.75, 3.05) is 51.6 Å². The minimum absolute atomic E-state index is 0.0412. The quantitative estimate of drug-likeness (QED) is 0.391. The maximum absolute atomic E-state index is 14.1. The molecule has 15 heteroatoms. The van der Waals surface area contributed by atoms with Gasteiger partial charge in [0, 0.05) is 75.4 Å². The highest BCUT2D eigenvalue weighted by Gasteiger charge is 2.42. The highest BCUT2D eigenvalue weighted by Crippen LogP contribution is 2.41. The van der Waals surface area contributed by atoms with Crippen molar-refractivity contribution in [3.05, 3.63) is 45.3 Å². The molecule has 2 N–H and O–H groups in total. The first-order chi connectivity index (χ1) is 23.9. The lowest BCUT2D eigenvalue weighted by Crippen LogP contribution is -2.56. The van der Waals surface area contributed by atoms with Crippen LogP contribution in [0.2, 0.25) is 5.02 Å². The van der Waals surface area contributed by atoms with Gasteiger partial charge in [-0.15, -0.1) is 11.3 Å². The maximum atomic E-state index is 14.1. The number of urea groups is 1. The lowest BCUT2D eigenvalue weighted by Gasteiger charge is -2.45. The number of halogens is 4. The van der Waals surface area contributed by atoms with Crippen molar-refractivity contribution < 1.29 is 32.7 Å². The summed E-state index contributed by atoms with van der Waals surface area (Å²) in [6.45, 7) is 3.74. The average molecular weight is 737 g/mol. The Morgan fingerprint density at radius 1 is 0.980 bits per heavy atom. The fraction of sp³-hybridized carbons (Fsp3) is 0.629. The van der Waals surface area contributed by atoms with Crippen LogP contribution in [-0.2, 0) is 28.7 Å². The van der Waals surface area contributed by atoms with Gasteiger partial charge in [-0.1, -0.05) is 11.6 Å². The summed E-state index contributed by atoms with van der Waals surface area (Å²) in [6.07, 6.45) is 0.730. The summed E-state index contributed by atoms with van der Waals surface area (Å²) in [6, 6.07) is 5.56. The first-order valence-electron chi connectivity index (χ1n) is 17.6. The second-order valence-electron chi connectivity index (χ2n) is 14.6. The van der Waals surface area contributed by atoms with Crippen LogP contribution in [0.5, 0.6) is 5.75 Å². The van der Waals surface area contributed by atoms with Crippen LogP contribution < -0.4 is 5.32 Å². The molecule has 5 aliphatic heterocycles. The Hall–Kier alpha value is -3.07. The van der Waals surface area contributed by atoms with Gasteiger partial charge in [0.25, 0.3) is 0 Å². The Morgan fingerprint density at radius 3 is 2.32 bits per heavy atom. The molecule has 0 radical (unpaired) electrons. The van der Waals surface area contributed by atoms with E-state index < -0.39 is 28.4 Å². The van der Waals surface area contributed by atoms with E-state index in [4.69, 9.17) is 11.6 Å². The molecule has 4 fully saturated rings. The van der Waals surface area contributed by atoms with Crippen molar-refractivity contribution in [3.8, 4) is 5.75 Å². The third-order valence-electron chi connectivity index (χ3n) is 11.7. The van der Waals surface area contributed by atoms with Gasteiger partial charge in [-0.3, -0.25) is 19.8 Å². The molecule has 10 nitrogen and oxygen atoms in total. The summed E-state index contributed by atoms with van der Waals surface area (Å²) in [5.74, 6) is -2.46. The molecular formula is C35H44ClF3N6O4S. The molecule has 1 aromatic heterocycles. The first-order valence-corrected chi connectivity index (χ1v) is 18.9. The number of anilines is 1. The third kappa shape index (κ3) is 7.18. The number of hydrogen-bond donors (Lipinski definition) is 2. The molecule has 50 heavy (non-hydrogen) atoms. The first kappa shape index (κ1) is 35.3. The molecule has 0 spiro atoms. The van der Waals surface area contributed by atoms with Crippen LogP contribution in [0.1, 0.15) is 61.6 Å². The molecule has 4 amide bonds. The number of fused-ring (bicyclic) bond motifs is 3. The van der Waals surface area contributed by atoms with E-state index in [1.54, 1.807) is 9.80 Å². The predicted octanol–water partition coefficient (Wildman–Crippen LogP) is 5.48. The lowest BCUT2D eigenvalue weighted by atomic mass is 9.91. The molecule has 2 aromatic rings. The minimum atomic E-state index is -4.84. The fourth-order valence-corrected chi connectivity index (χ4v) is 9.86. The van der Waals surface area contributed by atoms with Gasteiger partial charge in [0.05, 0.1) is 23.0 Å². The van der Waals surface area contributed by atoms with E-state index in [1.165, 1.54) is 30.2 Å². The maximum Gasteiger partial charge on any atom is 0.420 e. The summed E-state index contributed by atoms with van der Waals surface area (Å²) < 4.78 is 41.3. The number of phenolic OH excluding ortho intramolecular Hbond substituents is 1. The number of piperidine rings is 2. The van der Waals surface area contributed by atoms with Crippen molar-refractivity contribution in [2.45, 2.75) is 88.3 Å². The number of amides is 4. The van der Waals surface area contributed by atoms with E-state index in [0.29, 0.717) is 76.8 Å². The van der Waals surface area contributed by atoms with Crippen molar-refractivity contribution >= 4 is 45.8 Å². The second kappa shape index (κ2) is 14.2. The highest BCUT2D eigenvalue weighted by molar-refractivity contribution is 7.14. The van der Waals surface area contributed by atoms with Gasteiger partial charge in [0.2, 0.25) is 11.8 Å². The molecule has 3 atom stereocenters. The number of carbonyl (C=O) groups excluding carboxylic acids is 3. The van der Waals surface area contributed by atoms with Gasteiger partial charge in [-0.05, 0) is 81.1 Å². The van der Waals surface area contributed by atoms with Gasteiger partial charge < -0.3 is 24.7 Å². The zero-order valence-electron chi connectivity index (χ0n) is 28.1. The number of nitrogens with one attached hydrogen (secondary N) is 1. The predicted molar refractivity (Wildman–Crippen MR) is 184 cm³/mol. The van der Waals surface area contributed by atoms with Crippen LogP contribution in [0.3, 0.4) is 0 Å². The SMILES string of the molecule is CN1C2CCC1CC(N1CCN(C(=O)[C@H](CC(=O)N3CCC(N4Cc5ccsc5NC4=O)CC3)Cc3cc(Cl)c(O)c(C(F)(F)F)c3)CC1)C2. The second-order valence-corrected chi connectivity index (χ2v) is 15.9. The smallest absolute Gasteiger partial charge is 0.420 e. The molecule has 2 bridgehead atoms. The van der Waals surface area contributed by atoms with Crippen LogP contribution >= 0.6 is 22.9 Å². The van der Waals surface area contributed by atoms with Crippen LogP contribution in [0.15, 0.2) is 23.6 Å². The molecule has 5 aliphatic rings. The fourth-order valence-electron chi connectivity index (χ4n) is 8.82. The van der Waals surface area contributed by atoms with Crippen molar-refractivity contribution in [1.29, 1.82) is 0 Å². The number of alkyl halides is 3. The van der Waals surface area contributed by atoms with Crippen LogP contribution in [0, 0.1) is 5.92 Å². The molecule has 272 valence electrons. The average Bonchev–Trinajstić information content (AvgIpc) is 3.61. The van der Waals surface area contributed by atoms with E-state index >= 15 is 0 Å². The summed E-state index contributed by atoms with van der Waals surface area (Å²) in [5.41, 5.74) is -0.0669. The van der Waals surface area contributed by atoms with E-state index in [9.17, 15) is 32.7 Å². The number of likely N-dealkylation sites (tertiary alicyclic amines) is 1. The van der Waals surface area contributed by atoms with Gasteiger partial charge in [0.1, 0.15) is 10.8 Å². The number of hydrogen-bond acceptors (Lipinski definition) is 7. The third-order valence-corrected chi connectivity index (χ3v) is 12.9. The normalized spacial score (nSPS) is 25.8. The Balaban J connectivity index is 1.02. The number of aromatic hydroxyl groups is 1. The highest BCUT2D eigenvalue weighted by atomic mass is 35.5. The van der Waals surface area contributed by atoms with E-state index in [2.05, 4.69) is 22.2 Å². The topological polar surface area (TPSA) is 99.7 Å². The van der Waals surface area contributed by atoms with Crippen molar-refractivity contribution in [2.24, 2.45) is 5.92 Å². The molecule has 0 saturated carbocycles. The monoisotopic (exact) mass is 736 g/mol. The lowest BCUT2D eigenvalue weighted by molar-refractivity contribution is -0.143. The number of phenols is 1. The molecule has 0 aliphatic carbocycles. The number of carbonyl (C=O) groups is 3. The zero-order chi connectivity index (χ0) is 35.3. The number of nitrogens with zero attached hydrogens (tertiary/aromatic N) is 5. The Kier molecular flexibility index (Phi) is 10.0. The van der Waals surface area contributed by atoms with Crippen molar-refractivity contribution in [3.63, 3.8) is 0 Å². The molecule has 2 unspecified atom stereocenters. The molecule has 4 saturated heterocycles. The standard InChI is InChI=1S/C35H44ClF3N6O4S/c1-41-25-2-3-26(41)19-27(18-25)42-9-11-44(12-10-42)33(48)23(14-21-15-28(35(37,38)39)31(47)29(36)16-21)17-30(46)43-7-4-24(5-8-43)45-20-22-6-13-50-32(22)40-34(45)49/h6,13,15-16,23-27,47H,2-5,7-12,14,17-20H2,1H3,(H,40,49)/t23-,25?,26?,27?/m0/s1. The summed E-state index contributed by atoms with van der Waals surface area (Å²) >= 11 is 7.53. The van der Waals surface area contributed by atoms with Crippen LogP contribution in [0.4, 0.5) is 23.0 Å². The Labute approximate surface area is 299 Å². The number of thiophene rings is 1. The number of rotatable bonds is 7. The van der Waals surface area contributed by atoms with Crippen LogP contribution in [0.25, 0.3) is 0 Å². The van der Waals surface area contributed by atoms with E-state index in [0.717, 1.165) is 29.5 Å². The van der Waals surface area contributed by atoms with Gasteiger partial charge >= 0.3 is 12.2 Å². The molecule has 7 rings (SSSR count). The zero-order valence-corrected chi connectivity index (χ0v) is 29.7. The summed E-state index contributed by atoms with van der Waals surface area (Å²) in [4.78, 5) is 51.0. The van der Waals surface area contributed by atoms with Gasteiger partial charge in [-0.2, -0.15) is 13.2 Å². The number of piperazine rings is 1. The van der Waals surface area contributed by atoms with Crippen molar-refractivity contribution in [1.82, 2.24) is 24.5 Å². The molecule has 1 aromatic carbocycles. The van der Waals surface area contributed by atoms with Gasteiger partial charge in [-0.25, -0.2) is 4.79 Å². The Bertz CT molecular complexity index is 1590. The molecular weight excluding hydrogens is 693 g/mol.